The molecule has 3 heterocycles. The van der Waals surface area contributed by atoms with Gasteiger partial charge in [0.15, 0.2) is 0 Å². The van der Waals surface area contributed by atoms with E-state index in [4.69, 9.17) is 0 Å². The van der Waals surface area contributed by atoms with E-state index in [2.05, 4.69) is 30.2 Å². The van der Waals surface area contributed by atoms with E-state index in [1.54, 1.807) is 12.5 Å². The number of hydrogen-bond acceptors (Lipinski definition) is 5. The lowest BCUT2D eigenvalue weighted by Gasteiger charge is -2.17. The summed E-state index contributed by atoms with van der Waals surface area (Å²) >= 11 is 0. The van der Waals surface area contributed by atoms with Crippen LogP contribution in [0.5, 0.6) is 0 Å². The number of carbonyl (C=O) groups is 1. The summed E-state index contributed by atoms with van der Waals surface area (Å²) in [6, 6.07) is 2.17. The Kier molecular flexibility index (Phi) is 3.69. The fraction of sp³-hybridized carbons (Fsp3) is 0.500. The second-order valence-electron chi connectivity index (χ2n) is 6.31. The van der Waals surface area contributed by atoms with Gasteiger partial charge in [-0.2, -0.15) is 0 Å². The summed E-state index contributed by atoms with van der Waals surface area (Å²) in [5.74, 6) is 1.44. The number of hydrogen-bond donors (Lipinski definition) is 2. The molecule has 1 aliphatic carbocycles. The van der Waals surface area contributed by atoms with Crippen LogP contribution < -0.4 is 10.2 Å². The Hall–Kier alpha value is -2.44. The zero-order valence-electron chi connectivity index (χ0n) is 12.9. The molecule has 1 amide bonds. The van der Waals surface area contributed by atoms with Gasteiger partial charge in [-0.05, 0) is 25.3 Å². The first-order valence-corrected chi connectivity index (χ1v) is 8.12. The zero-order valence-corrected chi connectivity index (χ0v) is 12.9. The van der Waals surface area contributed by atoms with E-state index in [-0.39, 0.29) is 11.9 Å². The molecule has 1 unspecified atom stereocenters. The Morgan fingerprint density at radius 1 is 1.39 bits per heavy atom. The van der Waals surface area contributed by atoms with Crippen LogP contribution in [0.25, 0.3) is 0 Å². The zero-order chi connectivity index (χ0) is 15.6. The van der Waals surface area contributed by atoms with Crippen LogP contribution >= 0.6 is 0 Å². The van der Waals surface area contributed by atoms with Crippen molar-refractivity contribution >= 4 is 11.9 Å². The lowest BCUT2D eigenvalue weighted by molar-refractivity contribution is -0.121. The van der Waals surface area contributed by atoms with Gasteiger partial charge >= 0.3 is 0 Å². The molecule has 1 atom stereocenters. The van der Waals surface area contributed by atoms with E-state index in [0.29, 0.717) is 12.3 Å². The third-order valence-electron chi connectivity index (χ3n) is 4.40. The standard InChI is InChI=1S/C16H20N6O/c23-15(7-13-8-17-10-19-13)20-12-4-6-22(9-12)16-18-5-3-14(21-16)11-1-2-11/h3,5,8,10-12H,1-2,4,6-7,9H2,(H,17,19)(H,20,23). The van der Waals surface area contributed by atoms with Gasteiger partial charge in [0.1, 0.15) is 0 Å². The van der Waals surface area contributed by atoms with Crippen molar-refractivity contribution in [1.29, 1.82) is 0 Å². The van der Waals surface area contributed by atoms with Crippen molar-refractivity contribution in [3.05, 3.63) is 36.2 Å². The molecule has 0 aromatic carbocycles. The Bertz CT molecular complexity index is 682. The van der Waals surface area contributed by atoms with Crippen molar-refractivity contribution in [2.45, 2.75) is 37.6 Å². The molecule has 1 saturated carbocycles. The van der Waals surface area contributed by atoms with Crippen molar-refractivity contribution in [1.82, 2.24) is 25.3 Å². The molecule has 2 aromatic rings. The number of carbonyl (C=O) groups excluding carboxylic acids is 1. The topological polar surface area (TPSA) is 86.8 Å². The fourth-order valence-corrected chi connectivity index (χ4v) is 3.01. The van der Waals surface area contributed by atoms with E-state index in [1.807, 2.05) is 12.3 Å². The lowest BCUT2D eigenvalue weighted by Crippen LogP contribution is -2.38. The lowest BCUT2D eigenvalue weighted by atomic mass is 10.2. The molecule has 2 aliphatic rings. The smallest absolute Gasteiger partial charge is 0.226 e. The summed E-state index contributed by atoms with van der Waals surface area (Å²) in [5.41, 5.74) is 1.99. The molecule has 2 aromatic heterocycles. The van der Waals surface area contributed by atoms with Gasteiger partial charge in [-0.25, -0.2) is 15.0 Å². The Balaban J connectivity index is 1.33. The van der Waals surface area contributed by atoms with E-state index < -0.39 is 0 Å². The van der Waals surface area contributed by atoms with E-state index in [1.165, 1.54) is 12.8 Å². The second kappa shape index (κ2) is 5.98. The summed E-state index contributed by atoms with van der Waals surface area (Å²) in [7, 11) is 0. The van der Waals surface area contributed by atoms with E-state index >= 15 is 0 Å². The van der Waals surface area contributed by atoms with Crippen molar-refractivity contribution in [2.75, 3.05) is 18.0 Å². The number of rotatable bonds is 5. The molecule has 1 aliphatic heterocycles. The molecule has 0 bridgehead atoms. The highest BCUT2D eigenvalue weighted by atomic mass is 16.1. The molecule has 1 saturated heterocycles. The van der Waals surface area contributed by atoms with Crippen LogP contribution in [0.4, 0.5) is 5.95 Å². The quantitative estimate of drug-likeness (QED) is 0.860. The first-order valence-electron chi connectivity index (χ1n) is 8.12. The molecule has 0 radical (unpaired) electrons. The highest BCUT2D eigenvalue weighted by Crippen LogP contribution is 2.39. The van der Waals surface area contributed by atoms with Gasteiger partial charge in [0, 0.05) is 48.8 Å². The third-order valence-corrected chi connectivity index (χ3v) is 4.40. The number of imidazole rings is 1. The molecule has 23 heavy (non-hydrogen) atoms. The van der Waals surface area contributed by atoms with Crippen LogP contribution in [0.3, 0.4) is 0 Å². The number of H-pyrrole nitrogens is 1. The molecule has 0 spiro atoms. The minimum absolute atomic E-state index is 0.0220. The predicted octanol–water partition coefficient (Wildman–Crippen LogP) is 1.01. The number of nitrogens with zero attached hydrogens (tertiary/aromatic N) is 4. The van der Waals surface area contributed by atoms with E-state index in [9.17, 15) is 4.79 Å². The van der Waals surface area contributed by atoms with Crippen LogP contribution in [0.2, 0.25) is 0 Å². The van der Waals surface area contributed by atoms with Gasteiger partial charge in [-0.15, -0.1) is 0 Å². The molecule has 2 N–H and O–H groups in total. The van der Waals surface area contributed by atoms with Gasteiger partial charge in [-0.3, -0.25) is 4.79 Å². The molecular formula is C16H20N6O. The predicted molar refractivity (Wildman–Crippen MR) is 85.1 cm³/mol. The van der Waals surface area contributed by atoms with Crippen molar-refractivity contribution < 1.29 is 4.79 Å². The van der Waals surface area contributed by atoms with Crippen LogP contribution in [0.15, 0.2) is 24.8 Å². The number of amides is 1. The van der Waals surface area contributed by atoms with Crippen molar-refractivity contribution in [3.63, 3.8) is 0 Å². The normalized spacial score (nSPS) is 20.7. The van der Waals surface area contributed by atoms with Gasteiger partial charge in [-0.1, -0.05) is 0 Å². The highest BCUT2D eigenvalue weighted by Gasteiger charge is 2.28. The first-order chi connectivity index (χ1) is 11.3. The van der Waals surface area contributed by atoms with Crippen molar-refractivity contribution in [2.24, 2.45) is 0 Å². The van der Waals surface area contributed by atoms with Crippen LogP contribution in [0, 0.1) is 0 Å². The van der Waals surface area contributed by atoms with Crippen molar-refractivity contribution in [3.8, 4) is 0 Å². The first kappa shape index (κ1) is 14.2. The average Bonchev–Trinajstić information content (AvgIpc) is 3.10. The number of nitrogens with one attached hydrogen (secondary N) is 2. The molecule has 4 rings (SSSR count). The third kappa shape index (κ3) is 3.33. The highest BCUT2D eigenvalue weighted by molar-refractivity contribution is 5.78. The van der Waals surface area contributed by atoms with Crippen LogP contribution in [0.1, 0.15) is 36.6 Å². The van der Waals surface area contributed by atoms with Gasteiger partial charge < -0.3 is 15.2 Å². The maximum atomic E-state index is 12.1. The maximum absolute atomic E-state index is 12.1. The Labute approximate surface area is 134 Å². The largest absolute Gasteiger partial charge is 0.351 e. The summed E-state index contributed by atoms with van der Waals surface area (Å²) in [4.78, 5) is 30.2. The summed E-state index contributed by atoms with van der Waals surface area (Å²) in [5, 5.41) is 3.08. The molecular weight excluding hydrogens is 292 g/mol. The SMILES string of the molecule is O=C(Cc1cnc[nH]1)NC1CCN(c2nccc(C3CC3)n2)C1. The number of aromatic nitrogens is 4. The Morgan fingerprint density at radius 3 is 3.09 bits per heavy atom. The van der Waals surface area contributed by atoms with Crippen LogP contribution in [-0.4, -0.2) is 45.0 Å². The Morgan fingerprint density at radius 2 is 2.30 bits per heavy atom. The summed E-state index contributed by atoms with van der Waals surface area (Å²) in [6.45, 7) is 1.64. The minimum atomic E-state index is 0.0220. The average molecular weight is 312 g/mol. The van der Waals surface area contributed by atoms with Gasteiger partial charge in [0.05, 0.1) is 12.7 Å². The molecule has 7 heteroatoms. The minimum Gasteiger partial charge on any atom is -0.351 e. The molecule has 7 nitrogen and oxygen atoms in total. The van der Waals surface area contributed by atoms with Gasteiger partial charge in [0.25, 0.3) is 0 Å². The fourth-order valence-electron chi connectivity index (χ4n) is 3.01. The van der Waals surface area contributed by atoms with Gasteiger partial charge in [0.2, 0.25) is 11.9 Å². The molecule has 120 valence electrons. The molecule has 2 fully saturated rings. The van der Waals surface area contributed by atoms with Crippen LogP contribution in [-0.2, 0) is 11.2 Å². The number of anilines is 1. The summed E-state index contributed by atoms with van der Waals surface area (Å²) in [6.07, 6.45) is 8.85. The summed E-state index contributed by atoms with van der Waals surface area (Å²) < 4.78 is 0. The monoisotopic (exact) mass is 312 g/mol. The second-order valence-corrected chi connectivity index (χ2v) is 6.31. The number of aromatic amines is 1. The van der Waals surface area contributed by atoms with E-state index in [0.717, 1.165) is 36.8 Å². The maximum Gasteiger partial charge on any atom is 0.226 e.